The summed E-state index contributed by atoms with van der Waals surface area (Å²) in [6, 6.07) is 11.1. The van der Waals surface area contributed by atoms with Crippen LogP contribution in [0, 0.1) is 18.3 Å². The number of Topliss-reactive ketones (excluding diaryl/α,β-unsaturated/α-hetero) is 2. The number of benzene rings is 2. The maximum absolute atomic E-state index is 15.0. The van der Waals surface area contributed by atoms with Crippen LogP contribution < -0.4 is 4.90 Å². The molecule has 3 aromatic rings. The maximum Gasteiger partial charge on any atom is 0.214 e. The molecule has 6 aliphatic rings. The Morgan fingerprint density at radius 3 is 2.48 bits per heavy atom. The van der Waals surface area contributed by atoms with Gasteiger partial charge in [0.15, 0.2) is 11.4 Å². The first-order valence-corrected chi connectivity index (χ1v) is 20.0. The number of nitrogens with one attached hydrogen (secondary N) is 1. The van der Waals surface area contributed by atoms with Crippen molar-refractivity contribution in [3.05, 3.63) is 76.5 Å². The van der Waals surface area contributed by atoms with Gasteiger partial charge in [-0.05, 0) is 106 Å². The number of aliphatic hydroxyl groups is 3. The lowest BCUT2D eigenvalue weighted by Crippen LogP contribution is -2.80. The van der Waals surface area contributed by atoms with Crippen molar-refractivity contribution in [2.75, 3.05) is 37.6 Å². The van der Waals surface area contributed by atoms with Crippen molar-refractivity contribution >= 4 is 34.6 Å². The number of anilines is 1. The fourth-order valence-electron chi connectivity index (χ4n) is 13.1. The fraction of sp³-hybridized carbons (Fsp3) is 0.568. The highest BCUT2D eigenvalue weighted by molar-refractivity contribution is 5.98. The van der Waals surface area contributed by atoms with E-state index in [0.29, 0.717) is 63.8 Å². The van der Waals surface area contributed by atoms with E-state index in [1.54, 1.807) is 6.92 Å². The van der Waals surface area contributed by atoms with Gasteiger partial charge in [0, 0.05) is 65.3 Å². The number of H-pyrrole nitrogens is 1. The Bertz CT molecular complexity index is 2130. The Hall–Kier alpha value is -3.67. The Kier molecular flexibility index (Phi) is 7.94. The van der Waals surface area contributed by atoms with Crippen molar-refractivity contribution in [1.29, 1.82) is 0 Å². The van der Waals surface area contributed by atoms with E-state index in [1.165, 1.54) is 11.8 Å². The minimum atomic E-state index is -2.24. The first kappa shape index (κ1) is 36.0. The van der Waals surface area contributed by atoms with Crippen LogP contribution in [0.3, 0.4) is 0 Å². The van der Waals surface area contributed by atoms with Crippen LogP contribution in [-0.2, 0) is 31.6 Å². The smallest absolute Gasteiger partial charge is 0.214 e. The number of amides is 1. The van der Waals surface area contributed by atoms with Crippen molar-refractivity contribution in [3.8, 4) is 0 Å². The topological polar surface area (TPSA) is 137 Å². The third kappa shape index (κ3) is 4.32. The highest BCUT2D eigenvalue weighted by Gasteiger charge is 2.78. The molecule has 2 unspecified atom stereocenters. The number of para-hydroxylation sites is 1. The van der Waals surface area contributed by atoms with Crippen molar-refractivity contribution in [3.63, 3.8) is 0 Å². The van der Waals surface area contributed by atoms with Gasteiger partial charge in [0.05, 0.1) is 17.1 Å². The van der Waals surface area contributed by atoms with Crippen LogP contribution >= 0.6 is 0 Å². The molecule has 3 fully saturated rings. The highest BCUT2D eigenvalue weighted by Crippen LogP contribution is 2.67. The molecule has 2 aromatic carbocycles. The van der Waals surface area contributed by atoms with E-state index in [-0.39, 0.29) is 17.7 Å². The van der Waals surface area contributed by atoms with Crippen LogP contribution in [0.15, 0.2) is 48.6 Å². The lowest BCUT2D eigenvalue weighted by atomic mass is 9.47. The number of piperidine rings is 1. The number of ketones is 2. The second-order valence-corrected chi connectivity index (χ2v) is 17.8. The van der Waals surface area contributed by atoms with Crippen LogP contribution in [0.4, 0.5) is 5.69 Å². The highest BCUT2D eigenvalue weighted by atomic mass is 16.4. The molecular weight excluding hydrogens is 681 g/mol. The van der Waals surface area contributed by atoms with Gasteiger partial charge in [0.25, 0.3) is 0 Å². The number of aryl methyl sites for hydroxylation is 1. The molecule has 1 aromatic heterocycles. The molecule has 1 aliphatic carbocycles. The number of aromatic nitrogens is 1. The Morgan fingerprint density at radius 1 is 1.00 bits per heavy atom. The molecule has 54 heavy (non-hydrogen) atoms. The summed E-state index contributed by atoms with van der Waals surface area (Å²) < 4.78 is 0. The molecule has 6 heterocycles. The minimum absolute atomic E-state index is 0.00701. The number of aliphatic hydroxyl groups excluding tert-OH is 1. The summed E-state index contributed by atoms with van der Waals surface area (Å²) in [5.41, 5.74) is 0.0371. The standard InChI is InChI=1S/C44H54N4O6/c1-6-40(53)21-29-22-43(27(4)50,36-31(13-17-46(23-29)24-40)30-11-8-9-12-34(30)45-36)32-20-33-35(19-26(32)3)48(25-49)38-42(33)15-18-47-16-10-14-41(7-2,37(42)47)39(52)44(38,54)28(5)51/h8-12,14,19-20,25,29,37-39,45,52-54H,6-7,13,15-18,21-24H2,1-5H3/t29?,37-,38+,39+,40-,41+,42+,43-,44-/m0/s1. The maximum atomic E-state index is 15.0. The zero-order chi connectivity index (χ0) is 38.2. The molecule has 10 atom stereocenters. The van der Waals surface area contributed by atoms with Gasteiger partial charge in [0.1, 0.15) is 11.9 Å². The Balaban J connectivity index is 1.35. The predicted octanol–water partition coefficient (Wildman–Crippen LogP) is 4.08. The zero-order valence-corrected chi connectivity index (χ0v) is 32.2. The second-order valence-electron chi connectivity index (χ2n) is 17.8. The molecular formula is C44H54N4O6. The number of carbonyl (C=O) groups is 3. The van der Waals surface area contributed by atoms with Crippen molar-refractivity contribution in [2.45, 2.75) is 113 Å². The van der Waals surface area contributed by atoms with Crippen molar-refractivity contribution in [1.82, 2.24) is 14.8 Å². The third-order valence-corrected chi connectivity index (χ3v) is 15.4. The van der Waals surface area contributed by atoms with Gasteiger partial charge in [-0.2, -0.15) is 0 Å². The van der Waals surface area contributed by atoms with Gasteiger partial charge < -0.3 is 25.2 Å². The SMILES string of the molecule is CC[C@]1(O)CC2CN(CCc3c([nH]c4ccccc34)[C@@](C(C)=O)(c3cc4c(cc3C)N(C=O)[C@H]3[C@@](O)(C(C)=O)[C@H](O)[C@]5(CC)C=CCN6CC[C@]43[C@@H]65)C2)C1. The van der Waals surface area contributed by atoms with Crippen LogP contribution in [0.25, 0.3) is 10.9 Å². The first-order chi connectivity index (χ1) is 25.8. The summed E-state index contributed by atoms with van der Waals surface area (Å²) in [4.78, 5) is 52.3. The monoisotopic (exact) mass is 734 g/mol. The molecule has 1 spiro atoms. The van der Waals surface area contributed by atoms with Crippen LogP contribution in [0.2, 0.25) is 0 Å². The van der Waals surface area contributed by atoms with Gasteiger partial charge in [-0.15, -0.1) is 0 Å². The van der Waals surface area contributed by atoms with Crippen molar-refractivity contribution in [2.24, 2.45) is 11.3 Å². The molecule has 2 saturated heterocycles. The Labute approximate surface area is 317 Å². The number of fused-ring (bicyclic) bond motifs is 6. The lowest BCUT2D eigenvalue weighted by Gasteiger charge is -2.63. The predicted molar refractivity (Wildman–Crippen MR) is 207 cm³/mol. The second kappa shape index (κ2) is 11.9. The molecule has 5 aliphatic heterocycles. The third-order valence-electron chi connectivity index (χ3n) is 15.4. The lowest BCUT2D eigenvalue weighted by molar-refractivity contribution is -0.200. The average Bonchev–Trinajstić information content (AvgIpc) is 3.82. The molecule has 10 nitrogen and oxygen atoms in total. The first-order valence-electron chi connectivity index (χ1n) is 20.0. The van der Waals surface area contributed by atoms with E-state index >= 15 is 4.79 Å². The normalized spacial score (nSPS) is 39.6. The number of hydrogen-bond acceptors (Lipinski definition) is 8. The van der Waals surface area contributed by atoms with E-state index in [0.717, 1.165) is 58.4 Å². The number of nitrogens with zero attached hydrogens (tertiary/aromatic N) is 3. The van der Waals surface area contributed by atoms with Crippen LogP contribution in [0.5, 0.6) is 0 Å². The summed E-state index contributed by atoms with van der Waals surface area (Å²) in [7, 11) is 0. The van der Waals surface area contributed by atoms with Crippen LogP contribution in [-0.4, -0.2) is 110 Å². The van der Waals surface area contributed by atoms with Crippen molar-refractivity contribution < 1.29 is 29.7 Å². The molecule has 1 amide bonds. The minimum Gasteiger partial charge on any atom is -0.389 e. The molecule has 0 radical (unpaired) electrons. The van der Waals surface area contributed by atoms with Gasteiger partial charge in [-0.3, -0.25) is 24.2 Å². The molecule has 2 bridgehead atoms. The molecule has 286 valence electrons. The molecule has 1 saturated carbocycles. The summed E-state index contributed by atoms with van der Waals surface area (Å²) in [5.74, 6) is -0.544. The summed E-state index contributed by atoms with van der Waals surface area (Å²) in [6.45, 7) is 12.5. The van der Waals surface area contributed by atoms with Crippen LogP contribution in [0.1, 0.15) is 87.7 Å². The van der Waals surface area contributed by atoms with E-state index in [9.17, 15) is 24.9 Å². The van der Waals surface area contributed by atoms with Gasteiger partial charge in [-0.25, -0.2) is 0 Å². The van der Waals surface area contributed by atoms with E-state index in [2.05, 4.69) is 33.0 Å². The Morgan fingerprint density at radius 2 is 1.78 bits per heavy atom. The van der Waals surface area contributed by atoms with E-state index < -0.39 is 45.4 Å². The van der Waals surface area contributed by atoms with Gasteiger partial charge in [0.2, 0.25) is 6.41 Å². The number of carbonyl (C=O) groups excluding carboxylic acids is 3. The number of hydrogen-bond donors (Lipinski definition) is 4. The summed E-state index contributed by atoms with van der Waals surface area (Å²) in [5, 5.41) is 38.1. The zero-order valence-electron chi connectivity index (χ0n) is 32.2. The van der Waals surface area contributed by atoms with E-state index in [4.69, 9.17) is 0 Å². The summed E-state index contributed by atoms with van der Waals surface area (Å²) >= 11 is 0. The molecule has 10 heteroatoms. The number of aromatic amines is 1. The largest absolute Gasteiger partial charge is 0.389 e. The van der Waals surface area contributed by atoms with E-state index in [1.807, 2.05) is 51.1 Å². The van der Waals surface area contributed by atoms with Gasteiger partial charge >= 0.3 is 0 Å². The molecule has 4 N–H and O–H groups in total. The number of rotatable bonds is 6. The van der Waals surface area contributed by atoms with Gasteiger partial charge in [-0.1, -0.05) is 50.3 Å². The summed E-state index contributed by atoms with van der Waals surface area (Å²) in [6.07, 6.45) is 6.81. The quantitative estimate of drug-likeness (QED) is 0.220. The molecule has 9 rings (SSSR count). The average molecular weight is 735 g/mol. The fourth-order valence-corrected chi connectivity index (χ4v) is 13.1.